The summed E-state index contributed by atoms with van der Waals surface area (Å²) in [5.74, 6) is 1.05. The summed E-state index contributed by atoms with van der Waals surface area (Å²) in [7, 11) is 1.67. The molecule has 4 nitrogen and oxygen atoms in total. The van der Waals surface area contributed by atoms with Crippen molar-refractivity contribution < 1.29 is 9.53 Å². The van der Waals surface area contributed by atoms with Crippen LogP contribution in [0.5, 0.6) is 0 Å². The maximum Gasteiger partial charge on any atom is 0.198 e. The van der Waals surface area contributed by atoms with Gasteiger partial charge in [-0.15, -0.1) is 0 Å². The van der Waals surface area contributed by atoms with E-state index in [1.54, 1.807) is 7.11 Å². The van der Waals surface area contributed by atoms with Gasteiger partial charge in [-0.1, -0.05) is 0 Å². The molecule has 2 heterocycles. The number of nitrogens with zero attached hydrogens (tertiary/aromatic N) is 2. The molecule has 2 rings (SSSR count). The van der Waals surface area contributed by atoms with E-state index in [1.165, 1.54) is 0 Å². The molecule has 0 amide bonds. The van der Waals surface area contributed by atoms with Gasteiger partial charge in [0.2, 0.25) is 0 Å². The molecule has 1 unspecified atom stereocenters. The van der Waals surface area contributed by atoms with Gasteiger partial charge in [0.1, 0.15) is 0 Å². The number of Topliss-reactive ketones (excluding diaryl/α,β-unsaturated/α-hetero) is 1. The van der Waals surface area contributed by atoms with Crippen molar-refractivity contribution in [1.29, 1.82) is 0 Å². The molecule has 4 heteroatoms. The maximum absolute atomic E-state index is 11.8. The van der Waals surface area contributed by atoms with Crippen LogP contribution >= 0.6 is 0 Å². The van der Waals surface area contributed by atoms with Crippen LogP contribution in [0.3, 0.4) is 0 Å². The number of aromatic nitrogens is 2. The lowest BCUT2D eigenvalue weighted by Gasteiger charge is -2.23. The van der Waals surface area contributed by atoms with Crippen LogP contribution in [0.2, 0.25) is 0 Å². The average molecular weight is 208 g/mol. The van der Waals surface area contributed by atoms with E-state index in [0.29, 0.717) is 24.8 Å². The van der Waals surface area contributed by atoms with E-state index in [2.05, 4.69) is 4.98 Å². The number of hydrogen-bond acceptors (Lipinski definition) is 3. The van der Waals surface area contributed by atoms with Crippen LogP contribution in [0.4, 0.5) is 0 Å². The zero-order valence-corrected chi connectivity index (χ0v) is 9.41. The first-order chi connectivity index (χ1) is 7.13. The molecule has 0 aliphatic carbocycles. The van der Waals surface area contributed by atoms with E-state index in [1.807, 2.05) is 18.4 Å². The smallest absolute Gasteiger partial charge is 0.198 e. The van der Waals surface area contributed by atoms with Crippen molar-refractivity contribution in [3.63, 3.8) is 0 Å². The summed E-state index contributed by atoms with van der Waals surface area (Å²) < 4.78 is 7.12. The lowest BCUT2D eigenvalue weighted by Crippen LogP contribution is -2.28. The molecule has 0 fully saturated rings. The van der Waals surface area contributed by atoms with Crippen molar-refractivity contribution in [3.8, 4) is 0 Å². The highest BCUT2D eigenvalue weighted by Crippen LogP contribution is 2.22. The van der Waals surface area contributed by atoms with Gasteiger partial charge < -0.3 is 9.30 Å². The Labute approximate surface area is 89.3 Å². The third-order valence-electron chi connectivity index (χ3n) is 3.02. The van der Waals surface area contributed by atoms with E-state index < -0.39 is 0 Å². The van der Waals surface area contributed by atoms with Gasteiger partial charge in [-0.3, -0.25) is 4.79 Å². The van der Waals surface area contributed by atoms with Gasteiger partial charge in [-0.2, -0.15) is 0 Å². The first-order valence-electron chi connectivity index (χ1n) is 5.19. The van der Waals surface area contributed by atoms with Crippen LogP contribution in [0.25, 0.3) is 0 Å². The number of ether oxygens (including phenoxy) is 1. The van der Waals surface area contributed by atoms with Gasteiger partial charge in [0.05, 0.1) is 12.3 Å². The number of fused-ring (bicyclic) bond motifs is 1. The van der Waals surface area contributed by atoms with Gasteiger partial charge in [-0.25, -0.2) is 4.98 Å². The Kier molecular flexibility index (Phi) is 2.61. The number of imidazole rings is 1. The second-order valence-electron chi connectivity index (χ2n) is 4.17. The molecular formula is C11H16N2O2. The van der Waals surface area contributed by atoms with E-state index in [0.717, 1.165) is 17.9 Å². The van der Waals surface area contributed by atoms with Gasteiger partial charge in [0, 0.05) is 31.7 Å². The van der Waals surface area contributed by atoms with Crippen molar-refractivity contribution in [2.24, 2.45) is 5.92 Å². The van der Waals surface area contributed by atoms with Crippen molar-refractivity contribution in [3.05, 3.63) is 17.2 Å². The third-order valence-corrected chi connectivity index (χ3v) is 3.02. The SMILES string of the molecule is COCC1CC(=O)c2nc(C)c(C)n2C1. The minimum absolute atomic E-state index is 0.138. The molecular weight excluding hydrogens is 192 g/mol. The fourth-order valence-electron chi connectivity index (χ4n) is 2.11. The number of methoxy groups -OCH3 is 1. The average Bonchev–Trinajstić information content (AvgIpc) is 2.46. The lowest BCUT2D eigenvalue weighted by atomic mass is 9.99. The van der Waals surface area contributed by atoms with E-state index in [4.69, 9.17) is 4.74 Å². The predicted octanol–water partition coefficient (Wildman–Crippen LogP) is 1.35. The number of aryl methyl sites for hydroxylation is 1. The van der Waals surface area contributed by atoms with Crippen molar-refractivity contribution in [1.82, 2.24) is 9.55 Å². The molecule has 15 heavy (non-hydrogen) atoms. The molecule has 1 atom stereocenters. The van der Waals surface area contributed by atoms with Crippen molar-refractivity contribution in [2.45, 2.75) is 26.8 Å². The van der Waals surface area contributed by atoms with Crippen LogP contribution in [-0.2, 0) is 11.3 Å². The van der Waals surface area contributed by atoms with E-state index in [-0.39, 0.29) is 5.78 Å². The second-order valence-corrected chi connectivity index (χ2v) is 4.17. The predicted molar refractivity (Wildman–Crippen MR) is 56.0 cm³/mol. The molecule has 1 aliphatic heterocycles. The molecule has 0 bridgehead atoms. The zero-order valence-electron chi connectivity index (χ0n) is 9.41. The summed E-state index contributed by atoms with van der Waals surface area (Å²) in [6, 6.07) is 0. The molecule has 0 aromatic carbocycles. The molecule has 82 valence electrons. The maximum atomic E-state index is 11.8. The zero-order chi connectivity index (χ0) is 11.0. The summed E-state index contributed by atoms with van der Waals surface area (Å²) >= 11 is 0. The largest absolute Gasteiger partial charge is 0.384 e. The van der Waals surface area contributed by atoms with Crippen LogP contribution in [0.15, 0.2) is 0 Å². The van der Waals surface area contributed by atoms with Gasteiger partial charge >= 0.3 is 0 Å². The van der Waals surface area contributed by atoms with Gasteiger partial charge in [0.15, 0.2) is 11.6 Å². The Bertz CT molecular complexity index is 396. The number of carbonyl (C=O) groups is 1. The molecule has 0 N–H and O–H groups in total. The number of ketones is 1. The Hall–Kier alpha value is -1.16. The Morgan fingerprint density at radius 2 is 2.27 bits per heavy atom. The molecule has 1 aromatic heterocycles. The third kappa shape index (κ3) is 1.69. The van der Waals surface area contributed by atoms with Crippen LogP contribution in [0, 0.1) is 19.8 Å². The first-order valence-corrected chi connectivity index (χ1v) is 5.19. The van der Waals surface area contributed by atoms with Crippen LogP contribution in [-0.4, -0.2) is 29.1 Å². The summed E-state index contributed by atoms with van der Waals surface area (Å²) in [4.78, 5) is 16.1. The monoisotopic (exact) mass is 208 g/mol. The normalized spacial score (nSPS) is 20.5. The van der Waals surface area contributed by atoms with Crippen LogP contribution in [0.1, 0.15) is 28.4 Å². The summed E-state index contributed by atoms with van der Waals surface area (Å²) in [5, 5.41) is 0. The molecule has 0 radical (unpaired) electrons. The molecule has 1 aliphatic rings. The lowest BCUT2D eigenvalue weighted by molar-refractivity contribution is 0.0826. The fraction of sp³-hybridized carbons (Fsp3) is 0.636. The summed E-state index contributed by atoms with van der Waals surface area (Å²) in [6.45, 7) is 5.44. The number of carbonyl (C=O) groups excluding carboxylic acids is 1. The topological polar surface area (TPSA) is 44.1 Å². The van der Waals surface area contributed by atoms with Crippen molar-refractivity contribution in [2.75, 3.05) is 13.7 Å². The highest BCUT2D eigenvalue weighted by molar-refractivity contribution is 5.93. The molecule has 0 saturated heterocycles. The van der Waals surface area contributed by atoms with E-state index in [9.17, 15) is 4.79 Å². The van der Waals surface area contributed by atoms with Gasteiger partial charge in [-0.05, 0) is 13.8 Å². The van der Waals surface area contributed by atoms with Gasteiger partial charge in [0.25, 0.3) is 0 Å². The Balaban J connectivity index is 2.33. The van der Waals surface area contributed by atoms with Crippen LogP contribution < -0.4 is 0 Å². The quantitative estimate of drug-likeness (QED) is 0.737. The molecule has 1 aromatic rings. The first kappa shape index (κ1) is 10.4. The second kappa shape index (κ2) is 3.77. The van der Waals surface area contributed by atoms with Crippen molar-refractivity contribution >= 4 is 5.78 Å². The standard InChI is InChI=1S/C11H16N2O2/c1-7-8(2)13-5-9(6-15-3)4-10(14)11(13)12-7/h9H,4-6H2,1-3H3. The Morgan fingerprint density at radius 1 is 1.53 bits per heavy atom. The highest BCUT2D eigenvalue weighted by atomic mass is 16.5. The molecule has 0 spiro atoms. The Morgan fingerprint density at radius 3 is 2.93 bits per heavy atom. The highest BCUT2D eigenvalue weighted by Gasteiger charge is 2.28. The fourth-order valence-corrected chi connectivity index (χ4v) is 2.11. The number of rotatable bonds is 2. The summed E-state index contributed by atoms with van der Waals surface area (Å²) in [6.07, 6.45) is 0.559. The summed E-state index contributed by atoms with van der Waals surface area (Å²) in [5.41, 5.74) is 2.05. The minimum Gasteiger partial charge on any atom is -0.384 e. The van der Waals surface area contributed by atoms with E-state index >= 15 is 0 Å². The molecule has 0 saturated carbocycles. The minimum atomic E-state index is 0.138. The number of hydrogen-bond donors (Lipinski definition) is 0.